The Balaban J connectivity index is 1.50. The first kappa shape index (κ1) is 13.9. The number of benzene rings is 2. The van der Waals surface area contributed by atoms with E-state index in [1.807, 2.05) is 0 Å². The molecule has 3 aromatic rings. The van der Waals surface area contributed by atoms with Gasteiger partial charge in [-0.3, -0.25) is 0 Å². The van der Waals surface area contributed by atoms with Gasteiger partial charge in [0, 0.05) is 23.6 Å². The molecule has 1 aromatic heterocycles. The van der Waals surface area contributed by atoms with Crippen molar-refractivity contribution in [3.8, 4) is 0 Å². The van der Waals surface area contributed by atoms with Gasteiger partial charge < -0.3 is 10.3 Å². The molecular weight excluding hydrogens is 256 g/mol. The summed E-state index contributed by atoms with van der Waals surface area (Å²) < 4.78 is 0. The van der Waals surface area contributed by atoms with E-state index in [0.717, 1.165) is 19.5 Å². The number of hydrogen-bond donors (Lipinski definition) is 2. The third kappa shape index (κ3) is 3.34. The van der Waals surface area contributed by atoms with Crippen molar-refractivity contribution < 1.29 is 0 Å². The third-order valence-electron chi connectivity index (χ3n) is 4.07. The molecule has 108 valence electrons. The quantitative estimate of drug-likeness (QED) is 0.653. The molecule has 0 radical (unpaired) electrons. The van der Waals surface area contributed by atoms with Gasteiger partial charge in [-0.25, -0.2) is 0 Å². The molecule has 0 unspecified atom stereocenters. The summed E-state index contributed by atoms with van der Waals surface area (Å²) in [7, 11) is 0. The molecule has 1 heterocycles. The first-order chi connectivity index (χ1) is 10.3. The first-order valence-corrected chi connectivity index (χ1v) is 7.65. The van der Waals surface area contributed by atoms with Gasteiger partial charge in [-0.1, -0.05) is 55.5 Å². The minimum atomic E-state index is 0.550. The van der Waals surface area contributed by atoms with Crippen LogP contribution in [-0.4, -0.2) is 18.1 Å². The van der Waals surface area contributed by atoms with Crippen LogP contribution in [0.1, 0.15) is 24.0 Å². The second-order valence-electron chi connectivity index (χ2n) is 5.63. The predicted octanol–water partition coefficient (Wildman–Crippen LogP) is 4.10. The zero-order valence-corrected chi connectivity index (χ0v) is 12.5. The van der Waals surface area contributed by atoms with E-state index in [-0.39, 0.29) is 0 Å². The van der Waals surface area contributed by atoms with Crippen LogP contribution in [0.2, 0.25) is 0 Å². The average Bonchev–Trinajstić information content (AvgIpc) is 2.95. The van der Waals surface area contributed by atoms with Gasteiger partial charge in [0.1, 0.15) is 0 Å². The van der Waals surface area contributed by atoms with Crippen LogP contribution < -0.4 is 5.32 Å². The van der Waals surface area contributed by atoms with Crippen molar-refractivity contribution >= 4 is 10.9 Å². The molecule has 0 saturated heterocycles. The number of para-hydroxylation sites is 1. The minimum Gasteiger partial charge on any atom is -0.361 e. The van der Waals surface area contributed by atoms with Crippen LogP contribution in [0.25, 0.3) is 10.9 Å². The van der Waals surface area contributed by atoms with E-state index >= 15 is 0 Å². The van der Waals surface area contributed by atoms with E-state index in [1.165, 1.54) is 22.0 Å². The van der Waals surface area contributed by atoms with Crippen LogP contribution in [0.3, 0.4) is 0 Å². The molecule has 0 fully saturated rings. The Kier molecular flexibility index (Phi) is 4.37. The van der Waals surface area contributed by atoms with Gasteiger partial charge in [0.25, 0.3) is 0 Å². The Morgan fingerprint density at radius 2 is 1.76 bits per heavy atom. The summed E-state index contributed by atoms with van der Waals surface area (Å²) in [4.78, 5) is 3.34. The van der Waals surface area contributed by atoms with Gasteiger partial charge in [-0.15, -0.1) is 0 Å². The van der Waals surface area contributed by atoms with Crippen LogP contribution in [0.4, 0.5) is 0 Å². The summed E-state index contributed by atoms with van der Waals surface area (Å²) in [6, 6.07) is 19.2. The highest BCUT2D eigenvalue weighted by Crippen LogP contribution is 2.18. The monoisotopic (exact) mass is 278 g/mol. The van der Waals surface area contributed by atoms with Gasteiger partial charge in [0.15, 0.2) is 0 Å². The fourth-order valence-electron chi connectivity index (χ4n) is 2.78. The van der Waals surface area contributed by atoms with Crippen LogP contribution >= 0.6 is 0 Å². The van der Waals surface area contributed by atoms with E-state index in [0.29, 0.717) is 5.92 Å². The van der Waals surface area contributed by atoms with Crippen LogP contribution in [0.5, 0.6) is 0 Å². The zero-order valence-electron chi connectivity index (χ0n) is 12.5. The topological polar surface area (TPSA) is 27.8 Å². The van der Waals surface area contributed by atoms with Crippen molar-refractivity contribution in [3.05, 3.63) is 71.9 Å². The molecule has 1 atom stereocenters. The summed E-state index contributed by atoms with van der Waals surface area (Å²) in [5.74, 6) is 0.550. The van der Waals surface area contributed by atoms with Crippen molar-refractivity contribution in [1.29, 1.82) is 0 Å². The van der Waals surface area contributed by atoms with Crippen molar-refractivity contribution in [3.63, 3.8) is 0 Å². The van der Waals surface area contributed by atoms with Crippen molar-refractivity contribution in [2.75, 3.05) is 13.1 Å². The fourth-order valence-corrected chi connectivity index (χ4v) is 2.78. The Hall–Kier alpha value is -2.06. The summed E-state index contributed by atoms with van der Waals surface area (Å²) in [5.41, 5.74) is 4.02. The number of H-pyrrole nitrogens is 1. The highest BCUT2D eigenvalue weighted by Gasteiger charge is 2.05. The Labute approximate surface area is 126 Å². The zero-order chi connectivity index (χ0) is 14.5. The van der Waals surface area contributed by atoms with E-state index in [2.05, 4.69) is 78.0 Å². The number of hydrogen-bond acceptors (Lipinski definition) is 1. The maximum atomic E-state index is 3.57. The Bertz CT molecular complexity index is 685. The number of rotatable bonds is 6. The summed E-state index contributed by atoms with van der Waals surface area (Å²) in [6.07, 6.45) is 3.19. The summed E-state index contributed by atoms with van der Waals surface area (Å²) >= 11 is 0. The normalized spacial score (nSPS) is 12.6. The molecule has 0 aliphatic carbocycles. The molecule has 0 saturated carbocycles. The van der Waals surface area contributed by atoms with E-state index in [1.54, 1.807) is 0 Å². The van der Waals surface area contributed by atoms with Gasteiger partial charge in [0.05, 0.1) is 0 Å². The van der Waals surface area contributed by atoms with Crippen molar-refractivity contribution in [2.45, 2.75) is 19.3 Å². The van der Waals surface area contributed by atoms with Crippen LogP contribution in [0.15, 0.2) is 60.8 Å². The second-order valence-corrected chi connectivity index (χ2v) is 5.63. The molecule has 2 aromatic carbocycles. The fraction of sp³-hybridized carbons (Fsp3) is 0.263. The smallest absolute Gasteiger partial charge is 0.0456 e. The lowest BCUT2D eigenvalue weighted by atomic mass is 10.0. The molecule has 0 amide bonds. The maximum absolute atomic E-state index is 3.57. The van der Waals surface area contributed by atoms with Crippen LogP contribution in [-0.2, 0) is 6.42 Å². The molecule has 0 spiro atoms. The average molecular weight is 278 g/mol. The first-order valence-electron chi connectivity index (χ1n) is 7.65. The van der Waals surface area contributed by atoms with E-state index in [4.69, 9.17) is 0 Å². The third-order valence-corrected chi connectivity index (χ3v) is 4.07. The molecule has 2 N–H and O–H groups in total. The summed E-state index contributed by atoms with van der Waals surface area (Å²) in [5, 5.41) is 4.92. The second kappa shape index (κ2) is 6.59. The van der Waals surface area contributed by atoms with Gasteiger partial charge in [-0.05, 0) is 36.1 Å². The number of nitrogens with one attached hydrogen (secondary N) is 2. The highest BCUT2D eigenvalue weighted by molar-refractivity contribution is 5.83. The van der Waals surface area contributed by atoms with Gasteiger partial charge >= 0.3 is 0 Å². The highest BCUT2D eigenvalue weighted by atomic mass is 14.9. The number of fused-ring (bicyclic) bond motifs is 1. The van der Waals surface area contributed by atoms with Crippen molar-refractivity contribution in [2.24, 2.45) is 0 Å². The molecule has 2 nitrogen and oxygen atoms in total. The molecule has 0 aliphatic rings. The van der Waals surface area contributed by atoms with Gasteiger partial charge in [-0.2, -0.15) is 0 Å². The van der Waals surface area contributed by atoms with Crippen LogP contribution in [0, 0.1) is 0 Å². The Morgan fingerprint density at radius 3 is 2.62 bits per heavy atom. The molecule has 0 aliphatic heterocycles. The van der Waals surface area contributed by atoms with E-state index in [9.17, 15) is 0 Å². The van der Waals surface area contributed by atoms with E-state index < -0.39 is 0 Å². The lowest BCUT2D eigenvalue weighted by Gasteiger charge is -2.12. The SMILES string of the molecule is C[C@@H](CNCCc1c[nH]c2ccccc12)c1ccccc1. The molecule has 2 heteroatoms. The Morgan fingerprint density at radius 1 is 1.00 bits per heavy atom. The maximum Gasteiger partial charge on any atom is 0.0456 e. The summed E-state index contributed by atoms with van der Waals surface area (Å²) in [6.45, 7) is 4.30. The predicted molar refractivity (Wildman–Crippen MR) is 89.7 cm³/mol. The molecular formula is C19H22N2. The minimum absolute atomic E-state index is 0.550. The molecule has 0 bridgehead atoms. The largest absolute Gasteiger partial charge is 0.361 e. The van der Waals surface area contributed by atoms with Gasteiger partial charge in [0.2, 0.25) is 0 Å². The number of aromatic amines is 1. The lowest BCUT2D eigenvalue weighted by Crippen LogP contribution is -2.22. The standard InChI is InChI=1S/C19H22N2/c1-15(16-7-3-2-4-8-16)13-20-12-11-17-14-21-19-10-6-5-9-18(17)19/h2-10,14-15,20-21H,11-13H2,1H3/t15-/m0/s1. The molecule has 21 heavy (non-hydrogen) atoms. The number of aromatic nitrogens is 1. The lowest BCUT2D eigenvalue weighted by molar-refractivity contribution is 0.616. The van der Waals surface area contributed by atoms with Crippen molar-refractivity contribution in [1.82, 2.24) is 10.3 Å². The molecule has 3 rings (SSSR count).